The Morgan fingerprint density at radius 2 is 2.05 bits per heavy atom. The fraction of sp³-hybridized carbons (Fsp3) is 0.0714. The zero-order valence-electron chi connectivity index (χ0n) is 10.1. The number of benzene rings is 2. The van der Waals surface area contributed by atoms with E-state index in [1.165, 1.54) is 0 Å². The molecule has 0 atom stereocenters. The highest BCUT2D eigenvalue weighted by Crippen LogP contribution is 2.29. The van der Waals surface area contributed by atoms with E-state index in [2.05, 4.69) is 15.9 Å². The number of carbonyl (C=O) groups is 1. The summed E-state index contributed by atoms with van der Waals surface area (Å²) in [6.07, 6.45) is 0. The van der Waals surface area contributed by atoms with Crippen LogP contribution in [0.15, 0.2) is 40.9 Å². The normalized spacial score (nSPS) is 10.3. The first-order valence-electron chi connectivity index (χ1n) is 5.47. The highest BCUT2D eigenvalue weighted by atomic mass is 79.9. The van der Waals surface area contributed by atoms with E-state index < -0.39 is 0 Å². The predicted molar refractivity (Wildman–Crippen MR) is 80.0 cm³/mol. The molecular weight excluding hydrogens is 330 g/mol. The zero-order valence-corrected chi connectivity index (χ0v) is 12.5. The van der Waals surface area contributed by atoms with Crippen molar-refractivity contribution in [2.75, 3.05) is 12.8 Å². The minimum atomic E-state index is -0.180. The van der Waals surface area contributed by atoms with Gasteiger partial charge < -0.3 is 10.5 Å². The second-order valence-electron chi connectivity index (χ2n) is 3.89. The van der Waals surface area contributed by atoms with Gasteiger partial charge in [-0.2, -0.15) is 0 Å². The number of rotatable bonds is 3. The van der Waals surface area contributed by atoms with Crippen molar-refractivity contribution in [1.29, 1.82) is 0 Å². The Kier molecular flexibility index (Phi) is 4.12. The van der Waals surface area contributed by atoms with E-state index in [9.17, 15) is 4.79 Å². The smallest absolute Gasteiger partial charge is 0.194 e. The summed E-state index contributed by atoms with van der Waals surface area (Å²) >= 11 is 9.40. The molecule has 2 rings (SSSR count). The Bertz CT molecular complexity index is 643. The Balaban J connectivity index is 2.44. The summed E-state index contributed by atoms with van der Waals surface area (Å²) in [6.45, 7) is 0. The van der Waals surface area contributed by atoms with E-state index in [1.54, 1.807) is 43.5 Å². The van der Waals surface area contributed by atoms with E-state index >= 15 is 0 Å². The SMILES string of the molecule is COc1ccc(C(=O)c2cccc(N)c2Cl)cc1Br. The van der Waals surface area contributed by atoms with Crippen LogP contribution in [-0.2, 0) is 0 Å². The third-order valence-electron chi connectivity index (χ3n) is 2.69. The summed E-state index contributed by atoms with van der Waals surface area (Å²) in [6, 6.07) is 10.1. The van der Waals surface area contributed by atoms with Crippen molar-refractivity contribution in [2.45, 2.75) is 0 Å². The molecule has 0 aromatic heterocycles. The molecule has 2 aromatic carbocycles. The molecule has 0 unspecified atom stereocenters. The van der Waals surface area contributed by atoms with Crippen LogP contribution in [-0.4, -0.2) is 12.9 Å². The standard InChI is InChI=1S/C14H11BrClNO2/c1-19-12-6-5-8(7-10(12)15)14(18)9-3-2-4-11(17)13(9)16/h2-7H,17H2,1H3. The van der Waals surface area contributed by atoms with E-state index in [4.69, 9.17) is 22.1 Å². The molecule has 0 saturated carbocycles. The Morgan fingerprint density at radius 3 is 2.68 bits per heavy atom. The summed E-state index contributed by atoms with van der Waals surface area (Å²) in [7, 11) is 1.57. The monoisotopic (exact) mass is 339 g/mol. The van der Waals surface area contributed by atoms with Crippen LogP contribution in [0, 0.1) is 0 Å². The van der Waals surface area contributed by atoms with Gasteiger partial charge in [0.1, 0.15) is 5.75 Å². The van der Waals surface area contributed by atoms with Crippen molar-refractivity contribution in [3.05, 3.63) is 57.0 Å². The lowest BCUT2D eigenvalue weighted by Crippen LogP contribution is -2.04. The fourth-order valence-electron chi connectivity index (χ4n) is 1.69. The number of hydrogen-bond donors (Lipinski definition) is 1. The number of nitrogens with two attached hydrogens (primary N) is 1. The molecule has 0 bridgehead atoms. The quantitative estimate of drug-likeness (QED) is 0.680. The van der Waals surface area contributed by atoms with E-state index in [-0.39, 0.29) is 10.8 Å². The lowest BCUT2D eigenvalue weighted by molar-refractivity contribution is 0.103. The Hall–Kier alpha value is -1.52. The van der Waals surface area contributed by atoms with Crippen molar-refractivity contribution in [2.24, 2.45) is 0 Å². The molecule has 5 heteroatoms. The largest absolute Gasteiger partial charge is 0.496 e. The number of ketones is 1. The van der Waals surface area contributed by atoms with Gasteiger partial charge in [0.25, 0.3) is 0 Å². The molecule has 2 aromatic rings. The van der Waals surface area contributed by atoms with Crippen molar-refractivity contribution in [3.8, 4) is 5.75 Å². The average molecular weight is 341 g/mol. The number of carbonyl (C=O) groups excluding carboxylic acids is 1. The van der Waals surface area contributed by atoms with Crippen LogP contribution in [0.25, 0.3) is 0 Å². The van der Waals surface area contributed by atoms with Crippen LogP contribution >= 0.6 is 27.5 Å². The number of anilines is 1. The maximum absolute atomic E-state index is 12.4. The van der Waals surface area contributed by atoms with Crippen LogP contribution in [0.3, 0.4) is 0 Å². The third-order valence-corrected chi connectivity index (χ3v) is 3.73. The summed E-state index contributed by atoms with van der Waals surface area (Å²) in [4.78, 5) is 12.4. The summed E-state index contributed by atoms with van der Waals surface area (Å²) in [5, 5.41) is 0.277. The highest BCUT2D eigenvalue weighted by Gasteiger charge is 2.15. The molecule has 0 aliphatic heterocycles. The van der Waals surface area contributed by atoms with E-state index in [1.807, 2.05) is 0 Å². The number of hydrogen-bond acceptors (Lipinski definition) is 3. The maximum atomic E-state index is 12.4. The van der Waals surface area contributed by atoms with E-state index in [0.29, 0.717) is 27.0 Å². The summed E-state index contributed by atoms with van der Waals surface area (Å²) in [5.41, 5.74) is 6.99. The Labute approximate surface area is 124 Å². The Morgan fingerprint density at radius 1 is 1.32 bits per heavy atom. The van der Waals surface area contributed by atoms with Gasteiger partial charge in [0.2, 0.25) is 0 Å². The summed E-state index contributed by atoms with van der Waals surface area (Å²) < 4.78 is 5.83. The molecule has 0 heterocycles. The zero-order chi connectivity index (χ0) is 14.0. The molecular formula is C14H11BrClNO2. The molecule has 0 aliphatic rings. The van der Waals surface area contributed by atoms with Crippen molar-refractivity contribution < 1.29 is 9.53 Å². The van der Waals surface area contributed by atoms with Gasteiger partial charge in [-0.25, -0.2) is 0 Å². The van der Waals surface area contributed by atoms with Gasteiger partial charge in [-0.1, -0.05) is 17.7 Å². The van der Waals surface area contributed by atoms with Crippen LogP contribution in [0.2, 0.25) is 5.02 Å². The minimum absolute atomic E-state index is 0.180. The van der Waals surface area contributed by atoms with Gasteiger partial charge in [0.15, 0.2) is 5.78 Å². The van der Waals surface area contributed by atoms with Crippen LogP contribution in [0.5, 0.6) is 5.75 Å². The molecule has 0 radical (unpaired) electrons. The van der Waals surface area contributed by atoms with Gasteiger partial charge in [-0.05, 0) is 46.3 Å². The van der Waals surface area contributed by atoms with Gasteiger partial charge >= 0.3 is 0 Å². The van der Waals surface area contributed by atoms with Crippen molar-refractivity contribution in [3.63, 3.8) is 0 Å². The second-order valence-corrected chi connectivity index (χ2v) is 5.12. The van der Waals surface area contributed by atoms with Gasteiger partial charge in [0, 0.05) is 11.1 Å². The topological polar surface area (TPSA) is 52.3 Å². The number of nitrogen functional groups attached to an aromatic ring is 1. The number of halogens is 2. The molecule has 3 nitrogen and oxygen atoms in total. The van der Waals surface area contributed by atoms with E-state index in [0.717, 1.165) is 0 Å². The third kappa shape index (κ3) is 2.74. The van der Waals surface area contributed by atoms with Crippen molar-refractivity contribution >= 4 is 39.0 Å². The van der Waals surface area contributed by atoms with Gasteiger partial charge in [-0.15, -0.1) is 0 Å². The summed E-state index contributed by atoms with van der Waals surface area (Å²) in [5.74, 6) is 0.482. The highest BCUT2D eigenvalue weighted by molar-refractivity contribution is 9.10. The van der Waals surface area contributed by atoms with Gasteiger partial charge in [0.05, 0.1) is 22.3 Å². The first-order chi connectivity index (χ1) is 9.04. The fourth-order valence-corrected chi connectivity index (χ4v) is 2.44. The van der Waals surface area contributed by atoms with Crippen LogP contribution in [0.4, 0.5) is 5.69 Å². The maximum Gasteiger partial charge on any atom is 0.194 e. The molecule has 0 fully saturated rings. The minimum Gasteiger partial charge on any atom is -0.496 e. The van der Waals surface area contributed by atoms with Gasteiger partial charge in [-0.3, -0.25) is 4.79 Å². The number of methoxy groups -OCH3 is 1. The first-order valence-corrected chi connectivity index (χ1v) is 6.64. The van der Waals surface area contributed by atoms with Crippen molar-refractivity contribution in [1.82, 2.24) is 0 Å². The van der Waals surface area contributed by atoms with Crippen LogP contribution in [0.1, 0.15) is 15.9 Å². The molecule has 98 valence electrons. The molecule has 0 spiro atoms. The predicted octanol–water partition coefficient (Wildman–Crippen LogP) is 3.92. The molecule has 2 N–H and O–H groups in total. The van der Waals surface area contributed by atoms with Crippen LogP contribution < -0.4 is 10.5 Å². The molecule has 0 aliphatic carbocycles. The number of ether oxygens (including phenoxy) is 1. The molecule has 0 saturated heterocycles. The lowest BCUT2D eigenvalue weighted by atomic mass is 10.0. The molecule has 19 heavy (non-hydrogen) atoms. The molecule has 0 amide bonds. The average Bonchev–Trinajstić information content (AvgIpc) is 2.41. The lowest BCUT2D eigenvalue weighted by Gasteiger charge is -2.08. The first kappa shape index (κ1) is 13.9. The second kappa shape index (κ2) is 5.63.